The van der Waals surface area contributed by atoms with Crippen molar-refractivity contribution in [2.24, 2.45) is 5.92 Å². The second kappa shape index (κ2) is 5.06. The summed E-state index contributed by atoms with van der Waals surface area (Å²) in [7, 11) is 1.69. The van der Waals surface area contributed by atoms with E-state index in [1.807, 2.05) is 16.3 Å². The number of thiazole rings is 1. The SMILES string of the molecule is COc1ccc2c(c1)[C@H](CC(C)C)[C@@]1(C2)C(=O)N1c1nccs1. The first-order valence-electron chi connectivity index (χ1n) is 7.99. The Hall–Kier alpha value is -1.88. The molecule has 0 saturated carbocycles. The Morgan fingerprint density at radius 1 is 1.48 bits per heavy atom. The Kier molecular flexibility index (Phi) is 3.23. The van der Waals surface area contributed by atoms with Crippen molar-refractivity contribution >= 4 is 22.4 Å². The van der Waals surface area contributed by atoms with Crippen molar-refractivity contribution in [1.82, 2.24) is 4.98 Å². The molecular weight excluding hydrogens is 308 g/mol. The predicted octanol–water partition coefficient (Wildman–Crippen LogP) is 3.62. The van der Waals surface area contributed by atoms with E-state index in [9.17, 15) is 4.79 Å². The van der Waals surface area contributed by atoms with Crippen molar-refractivity contribution in [1.29, 1.82) is 0 Å². The van der Waals surface area contributed by atoms with Crippen molar-refractivity contribution in [3.05, 3.63) is 40.9 Å². The van der Waals surface area contributed by atoms with Gasteiger partial charge in [-0.25, -0.2) is 4.98 Å². The van der Waals surface area contributed by atoms with Gasteiger partial charge >= 0.3 is 0 Å². The number of hydrogen-bond donors (Lipinski definition) is 0. The van der Waals surface area contributed by atoms with Gasteiger partial charge in [0.1, 0.15) is 11.3 Å². The first-order valence-corrected chi connectivity index (χ1v) is 8.87. The molecule has 5 heteroatoms. The number of hydrogen-bond acceptors (Lipinski definition) is 4. The molecule has 1 aromatic heterocycles. The molecule has 1 aliphatic heterocycles. The summed E-state index contributed by atoms with van der Waals surface area (Å²) in [4.78, 5) is 19.1. The van der Waals surface area contributed by atoms with Crippen molar-refractivity contribution in [2.75, 3.05) is 12.0 Å². The van der Waals surface area contributed by atoms with Gasteiger partial charge in [-0.05, 0) is 35.6 Å². The van der Waals surface area contributed by atoms with Crippen LogP contribution in [0.3, 0.4) is 0 Å². The monoisotopic (exact) mass is 328 g/mol. The topological polar surface area (TPSA) is 42.2 Å². The molecule has 2 aromatic rings. The van der Waals surface area contributed by atoms with Crippen LogP contribution in [0.5, 0.6) is 5.75 Å². The minimum absolute atomic E-state index is 0.212. The van der Waals surface area contributed by atoms with E-state index in [2.05, 4.69) is 31.0 Å². The smallest absolute Gasteiger partial charge is 0.257 e. The van der Waals surface area contributed by atoms with E-state index in [1.165, 1.54) is 22.5 Å². The van der Waals surface area contributed by atoms with E-state index >= 15 is 0 Å². The fraction of sp³-hybridized carbons (Fsp3) is 0.444. The third-order valence-corrected chi connectivity index (χ3v) is 5.76. The summed E-state index contributed by atoms with van der Waals surface area (Å²) in [5.41, 5.74) is 2.12. The van der Waals surface area contributed by atoms with Gasteiger partial charge in [0.05, 0.1) is 7.11 Å². The highest BCUT2D eigenvalue weighted by Crippen LogP contribution is 2.58. The molecule has 1 spiro atoms. The number of nitrogens with zero attached hydrogens (tertiary/aromatic N) is 2. The van der Waals surface area contributed by atoms with Crippen molar-refractivity contribution in [3.8, 4) is 5.75 Å². The van der Waals surface area contributed by atoms with Gasteiger partial charge in [0.15, 0.2) is 5.13 Å². The maximum Gasteiger partial charge on any atom is 0.257 e. The summed E-state index contributed by atoms with van der Waals surface area (Å²) in [5.74, 6) is 1.82. The molecule has 1 amide bonds. The van der Waals surface area contributed by atoms with Crippen molar-refractivity contribution in [2.45, 2.75) is 38.1 Å². The summed E-state index contributed by atoms with van der Waals surface area (Å²) in [6.07, 6.45) is 3.54. The third kappa shape index (κ3) is 2.02. The minimum atomic E-state index is -0.420. The van der Waals surface area contributed by atoms with Crippen LogP contribution in [0.2, 0.25) is 0 Å². The van der Waals surface area contributed by atoms with Crippen molar-refractivity contribution in [3.63, 3.8) is 0 Å². The molecule has 0 bridgehead atoms. The molecule has 0 unspecified atom stereocenters. The quantitative estimate of drug-likeness (QED) is 0.805. The third-order valence-electron chi connectivity index (χ3n) is 5.01. The Bertz CT molecular complexity index is 756. The van der Waals surface area contributed by atoms with Crippen LogP contribution < -0.4 is 9.64 Å². The van der Waals surface area contributed by atoms with Crippen LogP contribution in [0.4, 0.5) is 5.13 Å². The van der Waals surface area contributed by atoms with E-state index in [-0.39, 0.29) is 11.8 Å². The van der Waals surface area contributed by atoms with Gasteiger partial charge in [-0.1, -0.05) is 19.9 Å². The fourth-order valence-corrected chi connectivity index (χ4v) is 4.68. The second-order valence-electron chi connectivity index (χ2n) is 6.80. The zero-order valence-corrected chi connectivity index (χ0v) is 14.4. The van der Waals surface area contributed by atoms with Crippen molar-refractivity contribution < 1.29 is 9.53 Å². The summed E-state index contributed by atoms with van der Waals surface area (Å²) >= 11 is 1.53. The molecule has 2 atom stereocenters. The van der Waals surface area contributed by atoms with E-state index in [1.54, 1.807) is 13.3 Å². The molecule has 1 aromatic carbocycles. The van der Waals surface area contributed by atoms with Gasteiger partial charge in [-0.3, -0.25) is 9.69 Å². The van der Waals surface area contributed by atoms with Gasteiger partial charge in [0.2, 0.25) is 0 Å². The molecule has 1 fully saturated rings. The maximum absolute atomic E-state index is 12.8. The standard InChI is InChI=1S/C18H20N2O2S/c1-11(2)8-15-14-9-13(22-3)5-4-12(14)10-18(15)16(21)20(18)17-19-6-7-23-17/h4-7,9,11,15H,8,10H2,1-3H3/t15-,18-,20?/m0/s1. The molecule has 1 saturated heterocycles. The van der Waals surface area contributed by atoms with E-state index in [4.69, 9.17) is 4.74 Å². The van der Waals surface area contributed by atoms with Crippen LogP contribution in [0.1, 0.15) is 37.3 Å². The first kappa shape index (κ1) is 14.7. The predicted molar refractivity (Wildman–Crippen MR) is 91.2 cm³/mol. The lowest BCUT2D eigenvalue weighted by Gasteiger charge is -2.21. The Labute approximate surface area is 140 Å². The molecule has 23 heavy (non-hydrogen) atoms. The van der Waals surface area contributed by atoms with E-state index in [0.717, 1.165) is 23.7 Å². The lowest BCUT2D eigenvalue weighted by molar-refractivity contribution is -0.111. The molecule has 120 valence electrons. The lowest BCUT2D eigenvalue weighted by Crippen LogP contribution is -2.26. The van der Waals surface area contributed by atoms with Crippen LogP contribution in [0, 0.1) is 5.92 Å². The molecule has 4 rings (SSSR count). The van der Waals surface area contributed by atoms with Gasteiger partial charge in [-0.15, -0.1) is 11.3 Å². The number of amides is 1. The molecular formula is C18H20N2O2S. The second-order valence-corrected chi connectivity index (χ2v) is 7.68. The normalized spacial score (nSPS) is 25.3. The molecule has 1 aliphatic carbocycles. The van der Waals surface area contributed by atoms with Gasteiger partial charge in [0.25, 0.3) is 5.91 Å². The fourth-order valence-electron chi connectivity index (χ4n) is 3.97. The zero-order valence-electron chi connectivity index (χ0n) is 13.6. The zero-order chi connectivity index (χ0) is 16.2. The summed E-state index contributed by atoms with van der Waals surface area (Å²) in [5, 5.41) is 2.75. The molecule has 2 heterocycles. The molecule has 0 radical (unpaired) electrons. The number of fused-ring (bicyclic) bond motifs is 1. The van der Waals surface area contributed by atoms with Gasteiger partial charge in [0, 0.05) is 23.9 Å². The number of carbonyl (C=O) groups excluding carboxylic acids is 1. The number of anilines is 1. The van der Waals surface area contributed by atoms with Crippen LogP contribution >= 0.6 is 11.3 Å². The highest BCUT2D eigenvalue weighted by Gasteiger charge is 2.71. The minimum Gasteiger partial charge on any atom is -0.497 e. The summed E-state index contributed by atoms with van der Waals surface area (Å²) in [6.45, 7) is 4.43. The van der Waals surface area contributed by atoms with Crippen LogP contribution in [0.25, 0.3) is 0 Å². The molecule has 2 aliphatic rings. The largest absolute Gasteiger partial charge is 0.497 e. The number of ether oxygens (including phenoxy) is 1. The number of methoxy groups -OCH3 is 1. The Morgan fingerprint density at radius 3 is 2.96 bits per heavy atom. The van der Waals surface area contributed by atoms with Gasteiger partial charge < -0.3 is 4.74 Å². The van der Waals surface area contributed by atoms with E-state index < -0.39 is 5.54 Å². The molecule has 4 nitrogen and oxygen atoms in total. The highest BCUT2D eigenvalue weighted by molar-refractivity contribution is 7.14. The molecule has 0 N–H and O–H groups in total. The van der Waals surface area contributed by atoms with Crippen LogP contribution in [-0.2, 0) is 11.2 Å². The average molecular weight is 328 g/mol. The Morgan fingerprint density at radius 2 is 2.30 bits per heavy atom. The highest BCUT2D eigenvalue weighted by atomic mass is 32.1. The number of aromatic nitrogens is 1. The number of carbonyl (C=O) groups is 1. The lowest BCUT2D eigenvalue weighted by atomic mass is 9.84. The van der Waals surface area contributed by atoms with E-state index in [0.29, 0.717) is 5.92 Å². The number of benzene rings is 1. The maximum atomic E-state index is 12.8. The summed E-state index contributed by atoms with van der Waals surface area (Å²) in [6, 6.07) is 6.22. The van der Waals surface area contributed by atoms with Crippen LogP contribution in [-0.4, -0.2) is 23.5 Å². The Balaban J connectivity index is 1.78. The van der Waals surface area contributed by atoms with Crippen LogP contribution in [0.15, 0.2) is 29.8 Å². The summed E-state index contributed by atoms with van der Waals surface area (Å²) < 4.78 is 5.40. The average Bonchev–Trinajstić information content (AvgIpc) is 2.92. The van der Waals surface area contributed by atoms with Gasteiger partial charge in [-0.2, -0.15) is 0 Å². The number of rotatable bonds is 4. The first-order chi connectivity index (χ1) is 11.1.